The van der Waals surface area contributed by atoms with Crippen molar-refractivity contribution in [3.8, 4) is 0 Å². The fourth-order valence-electron chi connectivity index (χ4n) is 1.96. The third-order valence-electron chi connectivity index (χ3n) is 3.21. The number of esters is 1. The van der Waals surface area contributed by atoms with Crippen molar-refractivity contribution in [2.24, 2.45) is 0 Å². The molecule has 0 amide bonds. The van der Waals surface area contributed by atoms with E-state index >= 15 is 0 Å². The van der Waals surface area contributed by atoms with E-state index in [1.54, 1.807) is 6.07 Å². The van der Waals surface area contributed by atoms with E-state index in [0.29, 0.717) is 12.6 Å². The summed E-state index contributed by atoms with van der Waals surface area (Å²) in [6.45, 7) is 0.451. The van der Waals surface area contributed by atoms with Gasteiger partial charge in [-0.1, -0.05) is 6.07 Å². The summed E-state index contributed by atoms with van der Waals surface area (Å²) in [5, 5.41) is 3.25. The van der Waals surface area contributed by atoms with Crippen molar-refractivity contribution in [3.05, 3.63) is 30.1 Å². The summed E-state index contributed by atoms with van der Waals surface area (Å²) in [5.41, 5.74) is 0.742. The molecule has 5 heteroatoms. The van der Waals surface area contributed by atoms with Gasteiger partial charge in [0, 0.05) is 25.3 Å². The normalized spacial score (nSPS) is 15.9. The maximum atomic E-state index is 13.2. The lowest BCUT2D eigenvalue weighted by Crippen LogP contribution is -2.46. The monoisotopic (exact) mass is 266 g/mol. The van der Waals surface area contributed by atoms with Crippen molar-refractivity contribution in [1.82, 2.24) is 5.32 Å². The lowest BCUT2D eigenvalue weighted by atomic mass is 10.2. The molecule has 1 fully saturated rings. The van der Waals surface area contributed by atoms with E-state index in [4.69, 9.17) is 4.74 Å². The van der Waals surface area contributed by atoms with Gasteiger partial charge in [-0.2, -0.15) is 0 Å². The molecule has 2 rings (SSSR count). The van der Waals surface area contributed by atoms with Gasteiger partial charge >= 0.3 is 5.97 Å². The molecular formula is C14H19FN2O2. The van der Waals surface area contributed by atoms with Crippen molar-refractivity contribution >= 4 is 11.7 Å². The number of carbonyl (C=O) groups excluding carboxylic acids is 1. The molecule has 1 saturated carbocycles. The Kier molecular flexibility index (Phi) is 4.37. The van der Waals surface area contributed by atoms with Crippen LogP contribution in [0.5, 0.6) is 0 Å². The first kappa shape index (κ1) is 13.8. The van der Waals surface area contributed by atoms with Gasteiger partial charge < -0.3 is 15.0 Å². The minimum Gasteiger partial charge on any atom is -0.468 e. The zero-order chi connectivity index (χ0) is 13.8. The van der Waals surface area contributed by atoms with E-state index in [0.717, 1.165) is 18.5 Å². The van der Waals surface area contributed by atoms with Gasteiger partial charge in [0.1, 0.15) is 11.9 Å². The van der Waals surface area contributed by atoms with Crippen LogP contribution in [0.1, 0.15) is 12.8 Å². The molecule has 1 unspecified atom stereocenters. The fourth-order valence-corrected chi connectivity index (χ4v) is 1.96. The number of nitrogens with one attached hydrogen (secondary N) is 1. The molecule has 0 radical (unpaired) electrons. The zero-order valence-corrected chi connectivity index (χ0v) is 11.2. The van der Waals surface area contributed by atoms with Gasteiger partial charge in [0.15, 0.2) is 0 Å². The Hall–Kier alpha value is -1.62. The molecule has 19 heavy (non-hydrogen) atoms. The van der Waals surface area contributed by atoms with Crippen LogP contribution in [0.2, 0.25) is 0 Å². The second-order valence-electron chi connectivity index (χ2n) is 4.88. The third-order valence-corrected chi connectivity index (χ3v) is 3.21. The smallest absolute Gasteiger partial charge is 0.324 e. The summed E-state index contributed by atoms with van der Waals surface area (Å²) >= 11 is 0. The second-order valence-corrected chi connectivity index (χ2v) is 4.88. The minimum atomic E-state index is -0.384. The lowest BCUT2D eigenvalue weighted by molar-refractivity contribution is -0.142. The Morgan fingerprint density at radius 3 is 2.89 bits per heavy atom. The summed E-state index contributed by atoms with van der Waals surface area (Å²) in [6.07, 6.45) is 2.19. The standard InChI is InChI=1S/C14H19FN2O2/c1-17(12-5-3-4-10(15)8-12)9-13(14(18)19-2)16-11-6-7-11/h3-5,8,11,13,16H,6-7,9H2,1-2H3. The van der Waals surface area contributed by atoms with Crippen LogP contribution in [-0.4, -0.2) is 38.8 Å². The minimum absolute atomic E-state index is 0.282. The highest BCUT2D eigenvalue weighted by atomic mass is 19.1. The highest BCUT2D eigenvalue weighted by molar-refractivity contribution is 5.76. The predicted octanol–water partition coefficient (Wildman–Crippen LogP) is 1.56. The molecule has 0 bridgehead atoms. The van der Waals surface area contributed by atoms with E-state index in [9.17, 15) is 9.18 Å². The maximum Gasteiger partial charge on any atom is 0.324 e. The van der Waals surface area contributed by atoms with Gasteiger partial charge in [-0.05, 0) is 31.0 Å². The number of methoxy groups -OCH3 is 1. The number of carbonyl (C=O) groups is 1. The third kappa shape index (κ3) is 3.92. The molecule has 4 nitrogen and oxygen atoms in total. The van der Waals surface area contributed by atoms with Crippen LogP contribution in [0, 0.1) is 5.82 Å². The number of hydrogen-bond donors (Lipinski definition) is 1. The molecule has 0 aromatic heterocycles. The Balaban J connectivity index is 2.00. The van der Waals surface area contributed by atoms with E-state index < -0.39 is 0 Å². The molecule has 104 valence electrons. The zero-order valence-electron chi connectivity index (χ0n) is 11.2. The maximum absolute atomic E-state index is 13.2. The Bertz CT molecular complexity index is 449. The predicted molar refractivity (Wildman–Crippen MR) is 71.6 cm³/mol. The summed E-state index contributed by atoms with van der Waals surface area (Å²) in [5.74, 6) is -0.565. The van der Waals surface area contributed by atoms with E-state index in [-0.39, 0.29) is 17.8 Å². The van der Waals surface area contributed by atoms with Crippen molar-refractivity contribution in [1.29, 1.82) is 0 Å². The highest BCUT2D eigenvalue weighted by Crippen LogP contribution is 2.20. The molecule has 1 aromatic rings. The van der Waals surface area contributed by atoms with Gasteiger partial charge in [-0.15, -0.1) is 0 Å². The number of anilines is 1. The number of nitrogens with zero attached hydrogens (tertiary/aromatic N) is 1. The average Bonchev–Trinajstić information content (AvgIpc) is 3.21. The van der Waals surface area contributed by atoms with Crippen LogP contribution in [0.15, 0.2) is 24.3 Å². The van der Waals surface area contributed by atoms with E-state index in [1.165, 1.54) is 19.2 Å². The number of rotatable bonds is 6. The van der Waals surface area contributed by atoms with Crippen LogP contribution in [0.4, 0.5) is 10.1 Å². The molecule has 0 spiro atoms. The van der Waals surface area contributed by atoms with Crippen LogP contribution in [0.3, 0.4) is 0 Å². The van der Waals surface area contributed by atoms with Gasteiger partial charge in [-0.25, -0.2) is 4.39 Å². The van der Waals surface area contributed by atoms with Gasteiger partial charge in [0.25, 0.3) is 0 Å². The summed E-state index contributed by atoms with van der Waals surface area (Å²) in [6, 6.07) is 6.34. The van der Waals surface area contributed by atoms with Crippen molar-refractivity contribution < 1.29 is 13.9 Å². The SMILES string of the molecule is COC(=O)C(CN(C)c1cccc(F)c1)NC1CC1. The topological polar surface area (TPSA) is 41.6 Å². The summed E-state index contributed by atoms with van der Waals surface area (Å²) in [4.78, 5) is 13.6. The lowest BCUT2D eigenvalue weighted by Gasteiger charge is -2.25. The number of benzene rings is 1. The number of likely N-dealkylation sites (N-methyl/N-ethyl adjacent to an activating group) is 1. The first-order valence-electron chi connectivity index (χ1n) is 6.40. The molecule has 1 atom stereocenters. The van der Waals surface area contributed by atoms with Crippen molar-refractivity contribution in [2.75, 3.05) is 25.6 Å². The van der Waals surface area contributed by atoms with E-state index in [1.807, 2.05) is 18.0 Å². The van der Waals surface area contributed by atoms with Crippen LogP contribution in [0.25, 0.3) is 0 Å². The van der Waals surface area contributed by atoms with Crippen LogP contribution in [-0.2, 0) is 9.53 Å². The Labute approximate surface area is 112 Å². The first-order chi connectivity index (χ1) is 9.10. The number of ether oxygens (including phenoxy) is 1. The summed E-state index contributed by atoms with van der Waals surface area (Å²) < 4.78 is 18.0. The molecule has 0 aliphatic heterocycles. The number of hydrogen-bond acceptors (Lipinski definition) is 4. The van der Waals surface area contributed by atoms with Gasteiger partial charge in [0.05, 0.1) is 7.11 Å². The van der Waals surface area contributed by atoms with E-state index in [2.05, 4.69) is 5.32 Å². The molecule has 1 aliphatic carbocycles. The van der Waals surface area contributed by atoms with Crippen molar-refractivity contribution in [3.63, 3.8) is 0 Å². The Morgan fingerprint density at radius 1 is 1.58 bits per heavy atom. The quantitative estimate of drug-likeness (QED) is 0.793. The van der Waals surface area contributed by atoms with Crippen LogP contribution < -0.4 is 10.2 Å². The molecular weight excluding hydrogens is 247 g/mol. The fraction of sp³-hybridized carbons (Fsp3) is 0.500. The molecule has 0 heterocycles. The van der Waals surface area contributed by atoms with Crippen molar-refractivity contribution in [2.45, 2.75) is 24.9 Å². The molecule has 1 aliphatic rings. The largest absolute Gasteiger partial charge is 0.468 e. The molecule has 0 saturated heterocycles. The van der Waals surface area contributed by atoms with Crippen LogP contribution >= 0.6 is 0 Å². The van der Waals surface area contributed by atoms with Gasteiger partial charge in [0.2, 0.25) is 0 Å². The Morgan fingerprint density at radius 2 is 2.32 bits per heavy atom. The molecule has 1 aromatic carbocycles. The highest BCUT2D eigenvalue weighted by Gasteiger charge is 2.29. The first-order valence-corrected chi connectivity index (χ1v) is 6.40. The number of halogens is 1. The average molecular weight is 266 g/mol. The van der Waals surface area contributed by atoms with Gasteiger partial charge in [-0.3, -0.25) is 4.79 Å². The second kappa shape index (κ2) is 6.02. The summed E-state index contributed by atoms with van der Waals surface area (Å²) in [7, 11) is 3.21. The molecule has 1 N–H and O–H groups in total.